The molecule has 0 aliphatic rings. The summed E-state index contributed by atoms with van der Waals surface area (Å²) in [7, 11) is 0. The molecule has 0 N–H and O–H groups in total. The number of rotatable bonds is 3. The topological polar surface area (TPSA) is 13.1 Å². The van der Waals surface area contributed by atoms with Crippen LogP contribution in [0, 0.1) is 0 Å². The van der Waals surface area contributed by atoms with E-state index in [0.29, 0.717) is 0 Å². The van der Waals surface area contributed by atoms with Gasteiger partial charge in [0.2, 0.25) is 0 Å². The van der Waals surface area contributed by atoms with E-state index >= 15 is 0 Å². The van der Waals surface area contributed by atoms with Crippen LogP contribution < -0.4 is 0 Å². The molecule has 5 aromatic carbocycles. The Hall–Kier alpha value is -3.62. The monoisotopic (exact) mass is 474 g/mol. The van der Waals surface area contributed by atoms with Gasteiger partial charge in [0.1, 0.15) is 11.2 Å². The molecule has 0 fully saturated rings. The Balaban J connectivity index is 1.60. The van der Waals surface area contributed by atoms with E-state index in [1.807, 2.05) is 12.1 Å². The first-order valence-electron chi connectivity index (χ1n) is 10.6. The zero-order chi connectivity index (χ0) is 21.5. The second kappa shape index (κ2) is 7.81. The van der Waals surface area contributed by atoms with Gasteiger partial charge in [-0.1, -0.05) is 113 Å². The average molecular weight is 475 g/mol. The number of fused-ring (bicyclic) bond motifs is 3. The van der Waals surface area contributed by atoms with Gasteiger partial charge in [-0.15, -0.1) is 0 Å². The Labute approximate surface area is 195 Å². The standard InChI is InChI=1S/C30H19BrO/c31-24-18-22(20-9-3-1-4-10-20)17-23(19-24)26-14-8-16-28-27-15-7-13-25(29(27)32-30(26)28)21-11-5-2-6-12-21/h1-19H. The molecule has 0 saturated heterocycles. The van der Waals surface area contributed by atoms with Gasteiger partial charge in [0, 0.05) is 26.4 Å². The maximum absolute atomic E-state index is 6.59. The van der Waals surface area contributed by atoms with Gasteiger partial charge < -0.3 is 4.42 Å². The molecular weight excluding hydrogens is 456 g/mol. The van der Waals surface area contributed by atoms with Gasteiger partial charge >= 0.3 is 0 Å². The molecule has 0 aliphatic carbocycles. The quantitative estimate of drug-likeness (QED) is 0.249. The molecular formula is C30H19BrO. The van der Waals surface area contributed by atoms with Crippen LogP contribution in [0.15, 0.2) is 124 Å². The van der Waals surface area contributed by atoms with Crippen molar-refractivity contribution < 1.29 is 4.42 Å². The van der Waals surface area contributed by atoms with Gasteiger partial charge in [-0.05, 0) is 40.5 Å². The van der Waals surface area contributed by atoms with Crippen molar-refractivity contribution >= 4 is 37.9 Å². The molecule has 2 heteroatoms. The highest BCUT2D eigenvalue weighted by Crippen LogP contribution is 2.41. The van der Waals surface area contributed by atoms with Crippen LogP contribution in [0.4, 0.5) is 0 Å². The predicted octanol–water partition coefficient (Wildman–Crippen LogP) is 9.35. The van der Waals surface area contributed by atoms with E-state index < -0.39 is 0 Å². The average Bonchev–Trinajstić information content (AvgIpc) is 3.24. The first kappa shape index (κ1) is 19.1. The highest BCUT2D eigenvalue weighted by atomic mass is 79.9. The number of para-hydroxylation sites is 2. The Kier molecular flexibility index (Phi) is 4.66. The Morgan fingerprint density at radius 2 is 0.969 bits per heavy atom. The molecule has 32 heavy (non-hydrogen) atoms. The summed E-state index contributed by atoms with van der Waals surface area (Å²) < 4.78 is 7.64. The second-order valence-electron chi connectivity index (χ2n) is 7.93. The lowest BCUT2D eigenvalue weighted by atomic mass is 9.97. The number of benzene rings is 5. The fraction of sp³-hybridized carbons (Fsp3) is 0. The minimum absolute atomic E-state index is 0.919. The van der Waals surface area contributed by atoms with Gasteiger partial charge in [0.15, 0.2) is 0 Å². The summed E-state index contributed by atoms with van der Waals surface area (Å²) in [6.07, 6.45) is 0. The van der Waals surface area contributed by atoms with Crippen molar-refractivity contribution in [3.63, 3.8) is 0 Å². The van der Waals surface area contributed by atoms with E-state index in [4.69, 9.17) is 4.42 Å². The SMILES string of the molecule is Brc1cc(-c2ccccc2)cc(-c2cccc3c2oc2c(-c4ccccc4)cccc23)c1. The zero-order valence-electron chi connectivity index (χ0n) is 17.3. The number of hydrogen-bond acceptors (Lipinski definition) is 1. The molecule has 1 aromatic heterocycles. The highest BCUT2D eigenvalue weighted by Gasteiger charge is 2.16. The largest absolute Gasteiger partial charge is 0.455 e. The van der Waals surface area contributed by atoms with Crippen molar-refractivity contribution in [2.75, 3.05) is 0 Å². The van der Waals surface area contributed by atoms with Gasteiger partial charge in [-0.3, -0.25) is 0 Å². The summed E-state index contributed by atoms with van der Waals surface area (Å²) in [6.45, 7) is 0. The van der Waals surface area contributed by atoms with Crippen LogP contribution in [0.25, 0.3) is 55.3 Å². The smallest absolute Gasteiger partial charge is 0.143 e. The molecule has 1 nitrogen and oxygen atoms in total. The normalized spacial score (nSPS) is 11.3. The Morgan fingerprint density at radius 3 is 1.59 bits per heavy atom. The van der Waals surface area contributed by atoms with Gasteiger partial charge in [-0.25, -0.2) is 0 Å². The molecule has 0 spiro atoms. The summed E-state index contributed by atoms with van der Waals surface area (Å²) in [5, 5.41) is 2.28. The third-order valence-electron chi connectivity index (χ3n) is 5.93. The summed E-state index contributed by atoms with van der Waals surface area (Å²) in [4.78, 5) is 0. The summed E-state index contributed by atoms with van der Waals surface area (Å²) in [5.41, 5.74) is 8.71. The van der Waals surface area contributed by atoms with Crippen molar-refractivity contribution in [3.8, 4) is 33.4 Å². The molecule has 152 valence electrons. The fourth-order valence-corrected chi connectivity index (χ4v) is 4.93. The fourth-order valence-electron chi connectivity index (χ4n) is 4.43. The molecule has 6 rings (SSSR count). The number of furan rings is 1. The van der Waals surface area contributed by atoms with Gasteiger partial charge in [0.25, 0.3) is 0 Å². The lowest BCUT2D eigenvalue weighted by molar-refractivity contribution is 0.671. The van der Waals surface area contributed by atoms with Crippen LogP contribution in [0.3, 0.4) is 0 Å². The molecule has 0 saturated carbocycles. The summed E-state index contributed by atoms with van der Waals surface area (Å²) >= 11 is 3.72. The highest BCUT2D eigenvalue weighted by molar-refractivity contribution is 9.10. The van der Waals surface area contributed by atoms with Crippen LogP contribution >= 0.6 is 15.9 Å². The van der Waals surface area contributed by atoms with E-state index in [1.165, 1.54) is 11.1 Å². The zero-order valence-corrected chi connectivity index (χ0v) is 18.8. The van der Waals surface area contributed by atoms with Crippen molar-refractivity contribution in [1.82, 2.24) is 0 Å². The van der Waals surface area contributed by atoms with E-state index in [2.05, 4.69) is 119 Å². The van der Waals surface area contributed by atoms with Crippen LogP contribution in [0.2, 0.25) is 0 Å². The van der Waals surface area contributed by atoms with Crippen LogP contribution in [-0.4, -0.2) is 0 Å². The van der Waals surface area contributed by atoms with E-state index in [1.54, 1.807) is 0 Å². The molecule has 0 amide bonds. The molecule has 0 radical (unpaired) electrons. The van der Waals surface area contributed by atoms with E-state index in [0.717, 1.165) is 48.7 Å². The van der Waals surface area contributed by atoms with Crippen molar-refractivity contribution in [2.24, 2.45) is 0 Å². The maximum atomic E-state index is 6.59. The third-order valence-corrected chi connectivity index (χ3v) is 6.38. The van der Waals surface area contributed by atoms with E-state index in [9.17, 15) is 0 Å². The van der Waals surface area contributed by atoms with Crippen molar-refractivity contribution in [2.45, 2.75) is 0 Å². The number of hydrogen-bond donors (Lipinski definition) is 0. The molecule has 0 unspecified atom stereocenters. The van der Waals surface area contributed by atoms with Gasteiger partial charge in [-0.2, -0.15) is 0 Å². The van der Waals surface area contributed by atoms with E-state index in [-0.39, 0.29) is 0 Å². The molecule has 1 heterocycles. The lowest BCUT2D eigenvalue weighted by Gasteiger charge is -2.08. The molecule has 0 atom stereocenters. The molecule has 0 bridgehead atoms. The lowest BCUT2D eigenvalue weighted by Crippen LogP contribution is -1.83. The van der Waals surface area contributed by atoms with Gasteiger partial charge in [0.05, 0.1) is 0 Å². The number of halogens is 1. The van der Waals surface area contributed by atoms with Crippen LogP contribution in [-0.2, 0) is 0 Å². The Bertz CT molecular complexity index is 1560. The minimum Gasteiger partial charge on any atom is -0.455 e. The first-order chi connectivity index (χ1) is 15.8. The van der Waals surface area contributed by atoms with Crippen molar-refractivity contribution in [1.29, 1.82) is 0 Å². The van der Waals surface area contributed by atoms with Crippen LogP contribution in [0.5, 0.6) is 0 Å². The second-order valence-corrected chi connectivity index (χ2v) is 8.84. The first-order valence-corrected chi connectivity index (χ1v) is 11.4. The summed E-state index contributed by atoms with van der Waals surface area (Å²) in [5.74, 6) is 0. The molecule has 6 aromatic rings. The van der Waals surface area contributed by atoms with Crippen molar-refractivity contribution in [3.05, 3.63) is 120 Å². The third kappa shape index (κ3) is 3.24. The maximum Gasteiger partial charge on any atom is 0.143 e. The minimum atomic E-state index is 0.919. The summed E-state index contributed by atoms with van der Waals surface area (Å²) in [6, 6.07) is 40.2. The molecule has 0 aliphatic heterocycles. The van der Waals surface area contributed by atoms with Crippen LogP contribution in [0.1, 0.15) is 0 Å². The Morgan fingerprint density at radius 1 is 0.438 bits per heavy atom. The predicted molar refractivity (Wildman–Crippen MR) is 138 cm³/mol.